The summed E-state index contributed by atoms with van der Waals surface area (Å²) in [6.45, 7) is 9.23. The van der Waals surface area contributed by atoms with Crippen LogP contribution >= 0.6 is 24.8 Å². The fraction of sp³-hybridized carbons (Fsp3) is 1.00. The van der Waals surface area contributed by atoms with Crippen molar-refractivity contribution in [2.45, 2.75) is 38.1 Å². The molecule has 1 unspecified atom stereocenters. The summed E-state index contributed by atoms with van der Waals surface area (Å²) < 4.78 is 0. The molecule has 3 fully saturated rings. The second kappa shape index (κ2) is 8.68. The van der Waals surface area contributed by atoms with Crippen molar-refractivity contribution >= 4 is 24.8 Å². The van der Waals surface area contributed by atoms with Crippen LogP contribution < -0.4 is 5.32 Å². The molecule has 0 aromatic rings. The molecular formula is C14H29Cl2N3. The largest absolute Gasteiger partial charge is 0.317 e. The summed E-state index contributed by atoms with van der Waals surface area (Å²) in [4.78, 5) is 5.44. The van der Waals surface area contributed by atoms with E-state index in [2.05, 4.69) is 15.1 Å². The number of halogens is 2. The smallest absolute Gasteiger partial charge is 0.0224 e. The molecule has 114 valence electrons. The molecular weight excluding hydrogens is 281 g/mol. The van der Waals surface area contributed by atoms with Gasteiger partial charge >= 0.3 is 0 Å². The summed E-state index contributed by atoms with van der Waals surface area (Å²) in [5.41, 5.74) is 0. The molecule has 0 spiro atoms. The number of hydrogen-bond acceptors (Lipinski definition) is 3. The summed E-state index contributed by atoms with van der Waals surface area (Å²) in [6, 6.07) is 0.900. The molecule has 0 bridgehead atoms. The van der Waals surface area contributed by atoms with Gasteiger partial charge in [-0.2, -0.15) is 0 Å². The van der Waals surface area contributed by atoms with E-state index in [1.165, 1.54) is 77.9 Å². The van der Waals surface area contributed by atoms with Crippen molar-refractivity contribution in [3.05, 3.63) is 0 Å². The van der Waals surface area contributed by atoms with Gasteiger partial charge in [0.05, 0.1) is 0 Å². The van der Waals surface area contributed by atoms with Crippen LogP contribution in [-0.4, -0.2) is 61.7 Å². The molecule has 0 aromatic heterocycles. The van der Waals surface area contributed by atoms with Crippen LogP contribution in [0.2, 0.25) is 0 Å². The van der Waals surface area contributed by atoms with Crippen LogP contribution in [0.1, 0.15) is 32.1 Å². The van der Waals surface area contributed by atoms with E-state index in [-0.39, 0.29) is 24.8 Å². The maximum absolute atomic E-state index is 3.46. The average molecular weight is 310 g/mol. The Morgan fingerprint density at radius 2 is 1.74 bits per heavy atom. The van der Waals surface area contributed by atoms with Crippen LogP contribution in [-0.2, 0) is 0 Å². The first-order chi connectivity index (χ1) is 8.42. The highest BCUT2D eigenvalue weighted by molar-refractivity contribution is 5.85. The van der Waals surface area contributed by atoms with E-state index in [9.17, 15) is 0 Å². The Bertz CT molecular complexity index is 247. The predicted molar refractivity (Wildman–Crippen MR) is 85.7 cm³/mol. The van der Waals surface area contributed by atoms with Crippen molar-refractivity contribution in [3.8, 4) is 0 Å². The maximum Gasteiger partial charge on any atom is 0.0224 e. The topological polar surface area (TPSA) is 18.5 Å². The van der Waals surface area contributed by atoms with Crippen LogP contribution in [0.15, 0.2) is 0 Å². The van der Waals surface area contributed by atoms with E-state index >= 15 is 0 Å². The Hall–Kier alpha value is 0.460. The zero-order chi connectivity index (χ0) is 11.5. The molecule has 3 nitrogen and oxygen atoms in total. The lowest BCUT2D eigenvalue weighted by Crippen LogP contribution is -2.50. The molecule has 1 atom stereocenters. The Morgan fingerprint density at radius 3 is 2.53 bits per heavy atom. The summed E-state index contributed by atoms with van der Waals surface area (Å²) in [5.74, 6) is 0.998. The molecule has 0 aromatic carbocycles. The van der Waals surface area contributed by atoms with Gasteiger partial charge in [-0.3, -0.25) is 4.90 Å². The Balaban J connectivity index is 0.000000902. The number of nitrogens with one attached hydrogen (secondary N) is 1. The minimum absolute atomic E-state index is 0. The normalized spacial score (nSPS) is 29.4. The maximum atomic E-state index is 3.46. The molecule has 3 aliphatic heterocycles. The molecule has 5 heteroatoms. The zero-order valence-electron chi connectivity index (χ0n) is 11.9. The molecule has 3 rings (SSSR count). The van der Waals surface area contributed by atoms with Gasteiger partial charge in [0.25, 0.3) is 0 Å². The van der Waals surface area contributed by atoms with Crippen LogP contribution in [0.5, 0.6) is 0 Å². The molecule has 3 saturated heterocycles. The lowest BCUT2D eigenvalue weighted by molar-refractivity contribution is 0.0979. The molecule has 19 heavy (non-hydrogen) atoms. The van der Waals surface area contributed by atoms with Gasteiger partial charge in [0, 0.05) is 25.7 Å². The van der Waals surface area contributed by atoms with Gasteiger partial charge in [-0.05, 0) is 64.2 Å². The first-order valence-corrected chi connectivity index (χ1v) is 7.59. The third kappa shape index (κ3) is 4.75. The fourth-order valence-electron chi connectivity index (χ4n) is 3.79. The molecule has 0 aliphatic carbocycles. The van der Waals surface area contributed by atoms with E-state index in [4.69, 9.17) is 0 Å². The number of piperazine rings is 1. The molecule has 0 amide bonds. The highest BCUT2D eigenvalue weighted by atomic mass is 35.5. The molecule has 3 heterocycles. The first-order valence-electron chi connectivity index (χ1n) is 7.59. The van der Waals surface area contributed by atoms with Crippen molar-refractivity contribution < 1.29 is 0 Å². The average Bonchev–Trinajstić information content (AvgIpc) is 2.85. The van der Waals surface area contributed by atoms with E-state index in [1.807, 2.05) is 0 Å². The molecule has 3 aliphatic rings. The minimum Gasteiger partial charge on any atom is -0.317 e. The molecule has 0 radical (unpaired) electrons. The Labute approximate surface area is 130 Å². The number of piperidine rings is 1. The third-order valence-corrected chi connectivity index (χ3v) is 4.98. The zero-order valence-corrected chi connectivity index (χ0v) is 13.5. The summed E-state index contributed by atoms with van der Waals surface area (Å²) in [5, 5.41) is 3.46. The number of nitrogens with zero attached hydrogens (tertiary/aromatic N) is 2. The standard InChI is InChI=1S/C14H27N3.2ClH/c1-2-14-12-16(10-11-17(14)8-1)9-5-13-3-6-15-7-4-13;;/h13-15H,1-12H2;2*1H. The van der Waals surface area contributed by atoms with E-state index in [0.29, 0.717) is 0 Å². The number of fused-ring (bicyclic) bond motifs is 1. The van der Waals surface area contributed by atoms with Gasteiger partial charge in [0.2, 0.25) is 0 Å². The highest BCUT2D eigenvalue weighted by Crippen LogP contribution is 2.23. The minimum atomic E-state index is 0. The summed E-state index contributed by atoms with van der Waals surface area (Å²) in [7, 11) is 0. The second-order valence-corrected chi connectivity index (χ2v) is 6.11. The molecule has 1 N–H and O–H groups in total. The number of hydrogen-bond donors (Lipinski definition) is 1. The van der Waals surface area contributed by atoms with Crippen LogP contribution in [0, 0.1) is 5.92 Å². The van der Waals surface area contributed by atoms with Gasteiger partial charge in [-0.1, -0.05) is 0 Å². The Kier molecular flexibility index (Phi) is 8.00. The van der Waals surface area contributed by atoms with Crippen LogP contribution in [0.3, 0.4) is 0 Å². The lowest BCUT2D eigenvalue weighted by atomic mass is 9.94. The second-order valence-electron chi connectivity index (χ2n) is 6.11. The molecule has 0 saturated carbocycles. The SMILES string of the molecule is C1CC2CN(CCC3CCNCC3)CCN2C1.Cl.Cl. The van der Waals surface area contributed by atoms with Crippen molar-refractivity contribution in [2.24, 2.45) is 5.92 Å². The van der Waals surface area contributed by atoms with Crippen LogP contribution in [0.4, 0.5) is 0 Å². The van der Waals surface area contributed by atoms with Crippen molar-refractivity contribution in [3.63, 3.8) is 0 Å². The lowest BCUT2D eigenvalue weighted by Gasteiger charge is -2.38. The van der Waals surface area contributed by atoms with Gasteiger partial charge in [-0.25, -0.2) is 0 Å². The highest BCUT2D eigenvalue weighted by Gasteiger charge is 2.30. The Morgan fingerprint density at radius 1 is 0.947 bits per heavy atom. The van der Waals surface area contributed by atoms with Gasteiger partial charge in [0.1, 0.15) is 0 Å². The van der Waals surface area contributed by atoms with Crippen molar-refractivity contribution in [2.75, 3.05) is 45.8 Å². The van der Waals surface area contributed by atoms with Crippen molar-refractivity contribution in [1.29, 1.82) is 0 Å². The van der Waals surface area contributed by atoms with Gasteiger partial charge in [0.15, 0.2) is 0 Å². The summed E-state index contributed by atoms with van der Waals surface area (Å²) >= 11 is 0. The van der Waals surface area contributed by atoms with Crippen LogP contribution in [0.25, 0.3) is 0 Å². The number of rotatable bonds is 3. The fourth-order valence-corrected chi connectivity index (χ4v) is 3.79. The first kappa shape index (κ1) is 17.5. The van der Waals surface area contributed by atoms with Gasteiger partial charge < -0.3 is 10.2 Å². The summed E-state index contributed by atoms with van der Waals surface area (Å²) in [6.07, 6.45) is 7.14. The predicted octanol–water partition coefficient (Wildman–Crippen LogP) is 2.00. The van der Waals surface area contributed by atoms with E-state index < -0.39 is 0 Å². The monoisotopic (exact) mass is 309 g/mol. The quantitative estimate of drug-likeness (QED) is 0.860. The van der Waals surface area contributed by atoms with E-state index in [0.717, 1.165) is 12.0 Å². The van der Waals surface area contributed by atoms with E-state index in [1.54, 1.807) is 0 Å². The van der Waals surface area contributed by atoms with Gasteiger partial charge in [-0.15, -0.1) is 24.8 Å². The third-order valence-electron chi connectivity index (χ3n) is 4.98. The van der Waals surface area contributed by atoms with Crippen molar-refractivity contribution in [1.82, 2.24) is 15.1 Å².